The van der Waals surface area contributed by atoms with Gasteiger partial charge < -0.3 is 10.1 Å². The first-order chi connectivity index (χ1) is 9.64. The lowest BCUT2D eigenvalue weighted by Crippen LogP contribution is -2.53. The lowest BCUT2D eigenvalue weighted by atomic mass is 9.92. The van der Waals surface area contributed by atoms with Crippen molar-refractivity contribution in [2.24, 2.45) is 0 Å². The Morgan fingerprint density at radius 2 is 2.20 bits per heavy atom. The van der Waals surface area contributed by atoms with Crippen LogP contribution in [0.1, 0.15) is 42.9 Å². The Balaban J connectivity index is 2.16. The summed E-state index contributed by atoms with van der Waals surface area (Å²) in [6, 6.07) is 1.89. The van der Waals surface area contributed by atoms with Crippen LogP contribution in [0, 0.1) is 0 Å². The molecule has 2 rings (SSSR count). The van der Waals surface area contributed by atoms with Crippen molar-refractivity contribution in [3.8, 4) is 0 Å². The molecule has 0 aliphatic carbocycles. The van der Waals surface area contributed by atoms with E-state index in [9.17, 15) is 4.79 Å². The largest absolute Gasteiger partial charge is 0.381 e. The molecular weight excluding hydrogens is 322 g/mol. The number of hydrogen-bond donors (Lipinski definition) is 1. The van der Waals surface area contributed by atoms with Gasteiger partial charge in [0.15, 0.2) is 0 Å². The monoisotopic (exact) mass is 343 g/mol. The first kappa shape index (κ1) is 15.5. The molecule has 0 aromatic carbocycles. The van der Waals surface area contributed by atoms with Crippen LogP contribution in [-0.2, 0) is 17.7 Å². The zero-order chi connectivity index (χ0) is 14.6. The molecule has 1 N–H and O–H groups in total. The van der Waals surface area contributed by atoms with Crippen molar-refractivity contribution in [1.29, 1.82) is 0 Å². The summed E-state index contributed by atoms with van der Waals surface area (Å²) in [6.07, 6.45) is 2.51. The number of carbonyl (C=O) groups is 1. The van der Waals surface area contributed by atoms with Crippen LogP contribution in [0.25, 0.3) is 0 Å². The van der Waals surface area contributed by atoms with Crippen LogP contribution < -0.4 is 5.32 Å². The molecule has 1 aromatic heterocycles. The molecule has 1 saturated heterocycles. The van der Waals surface area contributed by atoms with Crippen molar-refractivity contribution >= 4 is 21.8 Å². The number of aromatic nitrogens is 2. The van der Waals surface area contributed by atoms with Crippen LogP contribution in [0.2, 0.25) is 0 Å². The van der Waals surface area contributed by atoms with Gasteiger partial charge in [0.05, 0.1) is 11.2 Å². The highest BCUT2D eigenvalue weighted by Gasteiger charge is 2.34. The standard InChI is InChI=1S/C14H22BrN3O2/c1-3-11-9-12(18(4-2)17-11)13(19)16-14(10-15)5-7-20-8-6-14/h9H,3-8,10H2,1-2H3,(H,16,19). The number of nitrogens with one attached hydrogen (secondary N) is 1. The summed E-state index contributed by atoms with van der Waals surface area (Å²) < 4.78 is 7.16. The van der Waals surface area contributed by atoms with Crippen molar-refractivity contribution < 1.29 is 9.53 Å². The van der Waals surface area contributed by atoms with Gasteiger partial charge in [-0.3, -0.25) is 9.48 Å². The van der Waals surface area contributed by atoms with Gasteiger partial charge in [0.2, 0.25) is 0 Å². The number of halogens is 1. The molecular formula is C14H22BrN3O2. The number of hydrogen-bond acceptors (Lipinski definition) is 3. The van der Waals surface area contributed by atoms with E-state index in [0.29, 0.717) is 25.5 Å². The Bertz CT molecular complexity index is 467. The minimum atomic E-state index is -0.204. The van der Waals surface area contributed by atoms with Crippen LogP contribution in [0.15, 0.2) is 6.07 Å². The Kier molecular flexibility index (Phi) is 5.21. The van der Waals surface area contributed by atoms with E-state index in [1.54, 1.807) is 4.68 Å². The minimum Gasteiger partial charge on any atom is -0.381 e. The molecule has 6 heteroatoms. The van der Waals surface area contributed by atoms with Gasteiger partial charge in [0.25, 0.3) is 5.91 Å². The zero-order valence-electron chi connectivity index (χ0n) is 12.1. The van der Waals surface area contributed by atoms with E-state index in [0.717, 1.165) is 30.3 Å². The van der Waals surface area contributed by atoms with Gasteiger partial charge in [-0.05, 0) is 32.3 Å². The SMILES string of the molecule is CCc1cc(C(=O)NC2(CBr)CCOCC2)n(CC)n1. The number of ether oxygens (including phenoxy) is 1. The second-order valence-corrected chi connectivity index (χ2v) is 5.73. The van der Waals surface area contributed by atoms with Crippen LogP contribution >= 0.6 is 15.9 Å². The second kappa shape index (κ2) is 6.72. The van der Waals surface area contributed by atoms with E-state index in [4.69, 9.17) is 4.74 Å². The Labute approximate surface area is 128 Å². The summed E-state index contributed by atoms with van der Waals surface area (Å²) >= 11 is 3.53. The quantitative estimate of drug-likeness (QED) is 0.833. The summed E-state index contributed by atoms with van der Waals surface area (Å²) in [5.41, 5.74) is 1.40. The maximum Gasteiger partial charge on any atom is 0.270 e. The average Bonchev–Trinajstić information content (AvgIpc) is 2.91. The fraction of sp³-hybridized carbons (Fsp3) is 0.714. The lowest BCUT2D eigenvalue weighted by molar-refractivity contribution is 0.0438. The maximum absolute atomic E-state index is 12.6. The highest BCUT2D eigenvalue weighted by molar-refractivity contribution is 9.09. The maximum atomic E-state index is 12.6. The molecule has 1 aliphatic rings. The second-order valence-electron chi connectivity index (χ2n) is 5.17. The van der Waals surface area contributed by atoms with Gasteiger partial charge in [-0.25, -0.2) is 0 Å². The van der Waals surface area contributed by atoms with Crippen molar-refractivity contribution in [3.63, 3.8) is 0 Å². The molecule has 0 unspecified atom stereocenters. The predicted octanol–water partition coefficient (Wildman–Crippen LogP) is 2.14. The molecule has 0 spiro atoms. The third kappa shape index (κ3) is 3.23. The number of nitrogens with zero attached hydrogens (tertiary/aromatic N) is 2. The van der Waals surface area contributed by atoms with Gasteiger partial charge in [-0.2, -0.15) is 5.10 Å². The van der Waals surface area contributed by atoms with Gasteiger partial charge in [-0.15, -0.1) is 0 Å². The molecule has 0 atom stereocenters. The van der Waals surface area contributed by atoms with Gasteiger partial charge in [0.1, 0.15) is 5.69 Å². The molecule has 0 radical (unpaired) electrons. The highest BCUT2D eigenvalue weighted by atomic mass is 79.9. The van der Waals surface area contributed by atoms with E-state index in [-0.39, 0.29) is 11.4 Å². The average molecular weight is 344 g/mol. The fourth-order valence-corrected chi connectivity index (χ4v) is 3.13. The third-order valence-corrected chi connectivity index (χ3v) is 4.88. The van der Waals surface area contributed by atoms with Gasteiger partial charge in [0, 0.05) is 25.1 Å². The topological polar surface area (TPSA) is 56.1 Å². The van der Waals surface area contributed by atoms with Gasteiger partial charge >= 0.3 is 0 Å². The van der Waals surface area contributed by atoms with Crippen molar-refractivity contribution in [2.75, 3.05) is 18.5 Å². The molecule has 0 bridgehead atoms. The number of carbonyl (C=O) groups excluding carboxylic acids is 1. The fourth-order valence-electron chi connectivity index (χ4n) is 2.43. The number of rotatable bonds is 5. The summed E-state index contributed by atoms with van der Waals surface area (Å²) in [5, 5.41) is 8.36. The van der Waals surface area contributed by atoms with Crippen molar-refractivity contribution in [1.82, 2.24) is 15.1 Å². The summed E-state index contributed by atoms with van der Waals surface area (Å²) in [4.78, 5) is 12.6. The molecule has 5 nitrogen and oxygen atoms in total. The normalized spacial score (nSPS) is 17.9. The van der Waals surface area contributed by atoms with Gasteiger partial charge in [-0.1, -0.05) is 22.9 Å². The minimum absolute atomic E-state index is 0.0413. The summed E-state index contributed by atoms with van der Waals surface area (Å²) in [5.74, 6) is -0.0413. The van der Waals surface area contributed by atoms with Crippen molar-refractivity contribution in [2.45, 2.75) is 45.2 Å². The Hall–Kier alpha value is -0.880. The van der Waals surface area contributed by atoms with Crippen LogP contribution in [0.3, 0.4) is 0 Å². The highest BCUT2D eigenvalue weighted by Crippen LogP contribution is 2.23. The smallest absolute Gasteiger partial charge is 0.270 e. The molecule has 1 aromatic rings. The molecule has 1 fully saturated rings. The first-order valence-electron chi connectivity index (χ1n) is 7.17. The molecule has 2 heterocycles. The first-order valence-corrected chi connectivity index (χ1v) is 8.29. The summed E-state index contributed by atoms with van der Waals surface area (Å²) in [7, 11) is 0. The van der Waals surface area contributed by atoms with Crippen LogP contribution in [-0.4, -0.2) is 39.8 Å². The molecule has 20 heavy (non-hydrogen) atoms. The number of amides is 1. The van der Waals surface area contributed by atoms with E-state index in [2.05, 4.69) is 26.3 Å². The predicted molar refractivity (Wildman–Crippen MR) is 81.3 cm³/mol. The molecule has 1 aliphatic heterocycles. The van der Waals surface area contributed by atoms with Crippen molar-refractivity contribution in [3.05, 3.63) is 17.5 Å². The van der Waals surface area contributed by atoms with E-state index in [1.807, 2.05) is 19.9 Å². The Morgan fingerprint density at radius 1 is 1.50 bits per heavy atom. The van der Waals surface area contributed by atoms with E-state index in [1.165, 1.54) is 0 Å². The number of aryl methyl sites for hydroxylation is 2. The zero-order valence-corrected chi connectivity index (χ0v) is 13.7. The third-order valence-electron chi connectivity index (χ3n) is 3.81. The molecule has 112 valence electrons. The van der Waals surface area contributed by atoms with Crippen LogP contribution in [0.4, 0.5) is 0 Å². The van der Waals surface area contributed by atoms with Crippen LogP contribution in [0.5, 0.6) is 0 Å². The Morgan fingerprint density at radius 3 is 2.75 bits per heavy atom. The summed E-state index contributed by atoms with van der Waals surface area (Å²) in [6.45, 7) is 6.13. The molecule has 0 saturated carbocycles. The lowest BCUT2D eigenvalue weighted by Gasteiger charge is -2.36. The van der Waals surface area contributed by atoms with E-state index < -0.39 is 0 Å². The van der Waals surface area contributed by atoms with E-state index >= 15 is 0 Å². The number of alkyl halides is 1. The molecule has 1 amide bonds.